The fourth-order valence-electron chi connectivity index (χ4n) is 2.00. The minimum Gasteiger partial charge on any atom is -0.461 e. The summed E-state index contributed by atoms with van der Waals surface area (Å²) in [7, 11) is -4.02. The number of hydrogen-bond donors (Lipinski definition) is 1. The van der Waals surface area contributed by atoms with E-state index >= 15 is 0 Å². The molecule has 0 aliphatic heterocycles. The Morgan fingerprint density at radius 3 is 2.13 bits per heavy atom. The van der Waals surface area contributed by atoms with Crippen molar-refractivity contribution in [1.82, 2.24) is 0 Å². The first-order valence-electron chi connectivity index (χ1n) is 7.30. The summed E-state index contributed by atoms with van der Waals surface area (Å²) < 4.78 is 35.2. The van der Waals surface area contributed by atoms with Gasteiger partial charge in [-0.05, 0) is 31.2 Å². The van der Waals surface area contributed by atoms with Gasteiger partial charge >= 0.3 is 0 Å². The molecule has 1 heterocycles. The van der Waals surface area contributed by atoms with Crippen LogP contribution in [0.2, 0.25) is 0 Å². The van der Waals surface area contributed by atoms with Crippen molar-refractivity contribution < 1.29 is 17.4 Å². The quantitative estimate of drug-likeness (QED) is 0.685. The second-order valence-electron chi connectivity index (χ2n) is 5.63. The molecule has 3 aromatic rings. The number of fused-ring (bicyclic) bond motifs is 1. The first-order chi connectivity index (χ1) is 10.8. The van der Waals surface area contributed by atoms with Crippen molar-refractivity contribution >= 4 is 21.1 Å². The molecule has 0 fully saturated rings. The molecule has 0 spiro atoms. The van der Waals surface area contributed by atoms with Gasteiger partial charge in [-0.1, -0.05) is 49.7 Å². The zero-order valence-corrected chi connectivity index (χ0v) is 14.2. The lowest BCUT2D eigenvalue weighted by molar-refractivity contribution is 0.483. The molecule has 0 atom stereocenters. The minimum absolute atomic E-state index is 0.0666. The van der Waals surface area contributed by atoms with E-state index in [0.717, 1.165) is 16.9 Å². The Balaban J connectivity index is 0.000000168. The zero-order valence-electron chi connectivity index (χ0n) is 13.4. The molecular weight excluding hydrogens is 312 g/mol. The lowest BCUT2D eigenvalue weighted by Crippen LogP contribution is -1.96. The Bertz CT molecular complexity index is 842. The fourth-order valence-corrected chi connectivity index (χ4v) is 2.48. The van der Waals surface area contributed by atoms with Crippen LogP contribution in [0.4, 0.5) is 0 Å². The van der Waals surface area contributed by atoms with Crippen molar-refractivity contribution in [3.05, 3.63) is 65.9 Å². The van der Waals surface area contributed by atoms with Gasteiger partial charge in [0.25, 0.3) is 10.1 Å². The standard InChI is InChI=1S/C11H12O.C7H8O3S/c1-8(2)11-7-9-5-3-4-6-10(9)12-11;1-6-2-4-7(5-3-6)11(8,9)10/h3-8H,1-2H3;2-5H,1H3,(H,8,9,10). The van der Waals surface area contributed by atoms with Crippen molar-refractivity contribution in [3.63, 3.8) is 0 Å². The Kier molecular flexibility index (Phi) is 5.23. The summed E-state index contributed by atoms with van der Waals surface area (Å²) in [5.41, 5.74) is 1.94. The summed E-state index contributed by atoms with van der Waals surface area (Å²) in [5, 5.41) is 1.20. The first kappa shape index (κ1) is 17.2. The van der Waals surface area contributed by atoms with Crippen LogP contribution in [0, 0.1) is 6.92 Å². The van der Waals surface area contributed by atoms with Crippen molar-refractivity contribution in [2.24, 2.45) is 0 Å². The van der Waals surface area contributed by atoms with Crippen LogP contribution in [0.15, 0.2) is 63.9 Å². The molecule has 5 heteroatoms. The second kappa shape index (κ2) is 6.98. The number of benzene rings is 2. The molecule has 0 saturated heterocycles. The third kappa shape index (κ3) is 4.68. The van der Waals surface area contributed by atoms with E-state index in [2.05, 4.69) is 26.0 Å². The predicted octanol–water partition coefficient (Wildman–Crippen LogP) is 4.80. The van der Waals surface area contributed by atoms with E-state index in [1.807, 2.05) is 25.1 Å². The normalized spacial score (nSPS) is 11.3. The molecule has 1 N–H and O–H groups in total. The third-order valence-electron chi connectivity index (χ3n) is 3.33. The molecular formula is C18H20O4S. The Hall–Kier alpha value is -2.11. The van der Waals surface area contributed by atoms with Crippen molar-refractivity contribution in [2.45, 2.75) is 31.6 Å². The molecule has 0 bridgehead atoms. The van der Waals surface area contributed by atoms with Crippen LogP contribution in [0.3, 0.4) is 0 Å². The molecule has 122 valence electrons. The molecule has 0 amide bonds. The van der Waals surface area contributed by atoms with E-state index < -0.39 is 10.1 Å². The van der Waals surface area contributed by atoms with E-state index in [0.29, 0.717) is 5.92 Å². The maximum atomic E-state index is 10.5. The fraction of sp³-hybridized carbons (Fsp3) is 0.222. The van der Waals surface area contributed by atoms with Crippen LogP contribution in [0.25, 0.3) is 11.0 Å². The van der Waals surface area contributed by atoms with E-state index in [1.165, 1.54) is 17.5 Å². The van der Waals surface area contributed by atoms with E-state index in [4.69, 9.17) is 8.97 Å². The Labute approximate surface area is 136 Å². The molecule has 3 rings (SSSR count). The molecule has 0 aliphatic carbocycles. The van der Waals surface area contributed by atoms with Crippen molar-refractivity contribution in [2.75, 3.05) is 0 Å². The second-order valence-corrected chi connectivity index (χ2v) is 7.05. The number of aryl methyl sites for hydroxylation is 1. The molecule has 0 aliphatic rings. The molecule has 0 radical (unpaired) electrons. The third-order valence-corrected chi connectivity index (χ3v) is 4.20. The number of rotatable bonds is 2. The van der Waals surface area contributed by atoms with Gasteiger partial charge in [0, 0.05) is 11.3 Å². The largest absolute Gasteiger partial charge is 0.461 e. The highest BCUT2D eigenvalue weighted by molar-refractivity contribution is 7.85. The van der Waals surface area contributed by atoms with Gasteiger partial charge in [-0.15, -0.1) is 0 Å². The summed E-state index contributed by atoms with van der Waals surface area (Å²) >= 11 is 0. The molecule has 2 aromatic carbocycles. The molecule has 0 unspecified atom stereocenters. The maximum absolute atomic E-state index is 10.5. The number of hydrogen-bond acceptors (Lipinski definition) is 3. The van der Waals surface area contributed by atoms with Crippen LogP contribution in [0.5, 0.6) is 0 Å². The van der Waals surface area contributed by atoms with Crippen LogP contribution in [-0.2, 0) is 10.1 Å². The van der Waals surface area contributed by atoms with Gasteiger partial charge in [0.2, 0.25) is 0 Å². The molecule has 1 aromatic heterocycles. The first-order valence-corrected chi connectivity index (χ1v) is 8.74. The monoisotopic (exact) mass is 332 g/mol. The molecule has 4 nitrogen and oxygen atoms in total. The average molecular weight is 332 g/mol. The summed E-state index contributed by atoms with van der Waals surface area (Å²) in [6, 6.07) is 16.2. The Morgan fingerprint density at radius 1 is 1.00 bits per heavy atom. The van der Waals surface area contributed by atoms with Crippen LogP contribution in [-0.4, -0.2) is 13.0 Å². The van der Waals surface area contributed by atoms with Crippen molar-refractivity contribution in [1.29, 1.82) is 0 Å². The van der Waals surface area contributed by atoms with E-state index in [9.17, 15) is 8.42 Å². The predicted molar refractivity (Wildman–Crippen MR) is 91.3 cm³/mol. The Morgan fingerprint density at radius 2 is 1.61 bits per heavy atom. The van der Waals surface area contributed by atoms with Crippen LogP contribution in [0.1, 0.15) is 31.1 Å². The summed E-state index contributed by atoms with van der Waals surface area (Å²) in [5.74, 6) is 1.54. The SMILES string of the molecule is CC(C)c1cc2ccccc2o1.Cc1ccc(S(=O)(=O)O)cc1. The highest BCUT2D eigenvalue weighted by Crippen LogP contribution is 2.24. The number of furan rings is 1. The highest BCUT2D eigenvalue weighted by atomic mass is 32.2. The zero-order chi connectivity index (χ0) is 17.0. The van der Waals surface area contributed by atoms with E-state index in [-0.39, 0.29) is 4.90 Å². The van der Waals surface area contributed by atoms with Gasteiger partial charge in [0.15, 0.2) is 0 Å². The topological polar surface area (TPSA) is 67.5 Å². The van der Waals surface area contributed by atoms with Gasteiger partial charge in [0.1, 0.15) is 11.3 Å². The molecule has 0 saturated carbocycles. The molecule has 23 heavy (non-hydrogen) atoms. The van der Waals surface area contributed by atoms with E-state index in [1.54, 1.807) is 12.1 Å². The number of para-hydroxylation sites is 1. The summed E-state index contributed by atoms with van der Waals surface area (Å²) in [4.78, 5) is -0.0666. The van der Waals surface area contributed by atoms with Gasteiger partial charge in [-0.2, -0.15) is 8.42 Å². The van der Waals surface area contributed by atoms with Crippen LogP contribution >= 0.6 is 0 Å². The summed E-state index contributed by atoms with van der Waals surface area (Å²) in [6.45, 7) is 6.11. The lowest BCUT2D eigenvalue weighted by Gasteiger charge is -1.95. The van der Waals surface area contributed by atoms with Crippen molar-refractivity contribution in [3.8, 4) is 0 Å². The smallest absolute Gasteiger partial charge is 0.294 e. The lowest BCUT2D eigenvalue weighted by atomic mass is 10.1. The van der Waals surface area contributed by atoms with Gasteiger partial charge in [-0.25, -0.2) is 0 Å². The maximum Gasteiger partial charge on any atom is 0.294 e. The van der Waals surface area contributed by atoms with Gasteiger partial charge in [-0.3, -0.25) is 4.55 Å². The minimum atomic E-state index is -4.02. The average Bonchev–Trinajstić information content (AvgIpc) is 2.91. The van der Waals surface area contributed by atoms with Gasteiger partial charge in [0.05, 0.1) is 4.90 Å². The highest BCUT2D eigenvalue weighted by Gasteiger charge is 2.07. The van der Waals surface area contributed by atoms with Gasteiger partial charge < -0.3 is 4.42 Å². The van der Waals surface area contributed by atoms with Crippen LogP contribution < -0.4 is 0 Å². The summed E-state index contributed by atoms with van der Waals surface area (Å²) in [6.07, 6.45) is 0.